The summed E-state index contributed by atoms with van der Waals surface area (Å²) in [7, 11) is 0. The highest BCUT2D eigenvalue weighted by Crippen LogP contribution is 2.51. The van der Waals surface area contributed by atoms with Gasteiger partial charge in [-0.1, -0.05) is 170 Å². The number of ether oxygens (including phenoxy) is 1. The predicted molar refractivity (Wildman–Crippen MR) is 259 cm³/mol. The molecule has 0 amide bonds. The lowest BCUT2D eigenvalue weighted by atomic mass is 9.76. The highest BCUT2D eigenvalue weighted by atomic mass is 16.5. The molecule has 2 aliphatic rings. The average molecular weight is 795 g/mol. The number of rotatable bonds is 7. The van der Waals surface area contributed by atoms with Gasteiger partial charge in [-0.25, -0.2) is 0 Å². The van der Waals surface area contributed by atoms with E-state index in [0.717, 1.165) is 50.7 Å². The molecule has 0 radical (unpaired) electrons. The molecule has 1 aromatic heterocycles. The molecule has 0 fully saturated rings. The van der Waals surface area contributed by atoms with Gasteiger partial charge in [0.05, 0.1) is 27.8 Å². The molecule has 2 atom stereocenters. The summed E-state index contributed by atoms with van der Waals surface area (Å²) in [4.78, 5) is 2.48. The molecule has 10 aromatic rings. The lowest BCUT2D eigenvalue weighted by molar-refractivity contribution is 0.228. The van der Waals surface area contributed by atoms with Gasteiger partial charge in [0.1, 0.15) is 11.9 Å². The van der Waals surface area contributed by atoms with Gasteiger partial charge in [-0.2, -0.15) is 0 Å². The first-order chi connectivity index (χ1) is 30.6. The van der Waals surface area contributed by atoms with Gasteiger partial charge in [0, 0.05) is 38.8 Å². The zero-order chi connectivity index (χ0) is 41.2. The molecule has 0 spiro atoms. The number of anilines is 3. The second kappa shape index (κ2) is 14.4. The number of fused-ring (bicyclic) bond motifs is 7. The topological polar surface area (TPSA) is 17.4 Å². The first-order valence-corrected chi connectivity index (χ1v) is 21.5. The Bertz CT molecular complexity index is 3410. The summed E-state index contributed by atoms with van der Waals surface area (Å²) in [5.74, 6) is 0.946. The van der Waals surface area contributed by atoms with E-state index in [1.807, 2.05) is 0 Å². The molecule has 0 bridgehead atoms. The Morgan fingerprint density at radius 1 is 0.500 bits per heavy atom. The van der Waals surface area contributed by atoms with Crippen molar-refractivity contribution in [2.75, 3.05) is 4.90 Å². The fraction of sp³-hybridized carbons (Fsp3) is 0.0508. The summed E-state index contributed by atoms with van der Waals surface area (Å²) in [5, 5.41) is 4.89. The Kier molecular flexibility index (Phi) is 8.36. The zero-order valence-electron chi connectivity index (χ0n) is 34.3. The number of benzene rings is 9. The molecule has 1 aliphatic heterocycles. The van der Waals surface area contributed by atoms with Gasteiger partial charge in [0.15, 0.2) is 0 Å². The molecule has 3 heteroatoms. The second-order valence-corrected chi connectivity index (χ2v) is 16.6. The third kappa shape index (κ3) is 5.66. The molecule has 294 valence electrons. The summed E-state index contributed by atoms with van der Waals surface area (Å²) in [6, 6.07) is 75.2. The maximum Gasteiger partial charge on any atom is 0.130 e. The van der Waals surface area contributed by atoms with E-state index in [-0.39, 0.29) is 11.5 Å². The number of hydrogen-bond donors (Lipinski definition) is 0. The standard InChI is InChI=1S/C59H42N2O/c1-59-37-15-14-32-57(59)62-56-36-33-42(38-51(56)59)45-24-8-11-29-52(45)61(44-34-35-49-47-25-9-12-30-53(47)60(55(49)39-44)43-22-6-3-7-23-43)54-31-13-10-26-48(54)50-28-17-21-41-20-16-27-46(58(41)50)40-18-4-2-5-19-40/h2-39,57H,1H3. The highest BCUT2D eigenvalue weighted by molar-refractivity contribution is 6.12. The molecule has 3 nitrogen and oxygen atoms in total. The molecule has 2 unspecified atom stereocenters. The number of para-hydroxylation sites is 4. The van der Waals surface area contributed by atoms with E-state index < -0.39 is 0 Å². The van der Waals surface area contributed by atoms with Gasteiger partial charge in [-0.15, -0.1) is 0 Å². The van der Waals surface area contributed by atoms with Gasteiger partial charge in [-0.05, 0) is 101 Å². The van der Waals surface area contributed by atoms with Crippen LogP contribution in [0.4, 0.5) is 17.1 Å². The minimum absolute atomic E-state index is 0.0269. The lowest BCUT2D eigenvalue weighted by Gasteiger charge is -2.31. The second-order valence-electron chi connectivity index (χ2n) is 16.6. The summed E-state index contributed by atoms with van der Waals surface area (Å²) in [6.07, 6.45) is 8.68. The van der Waals surface area contributed by atoms with E-state index in [2.05, 4.69) is 247 Å². The molecule has 9 aromatic carbocycles. The largest absolute Gasteiger partial charge is 0.485 e. The normalized spacial score (nSPS) is 16.4. The molecule has 12 rings (SSSR count). The SMILES string of the molecule is CC12C=CC=CC1Oc1ccc(-c3ccccc3N(c3ccc4c5ccccc5n(-c5ccccc5)c4c3)c3ccccc3-c3cccc4cccc(-c5ccccc5)c34)cc12. The Hall–Kier alpha value is -7.88. The third-order valence-corrected chi connectivity index (χ3v) is 13.1. The maximum absolute atomic E-state index is 6.53. The fourth-order valence-corrected chi connectivity index (χ4v) is 10.1. The molecule has 62 heavy (non-hydrogen) atoms. The monoisotopic (exact) mass is 794 g/mol. The van der Waals surface area contributed by atoms with Crippen LogP contribution < -0.4 is 9.64 Å². The van der Waals surface area contributed by atoms with E-state index in [4.69, 9.17) is 4.74 Å². The molecule has 1 aliphatic carbocycles. The van der Waals surface area contributed by atoms with Crippen LogP contribution in [0.2, 0.25) is 0 Å². The Labute approximate surface area is 361 Å². The van der Waals surface area contributed by atoms with E-state index in [0.29, 0.717) is 0 Å². The van der Waals surface area contributed by atoms with E-state index in [9.17, 15) is 0 Å². The molecular weight excluding hydrogens is 753 g/mol. The van der Waals surface area contributed by atoms with Crippen molar-refractivity contribution in [3.63, 3.8) is 0 Å². The van der Waals surface area contributed by atoms with Crippen molar-refractivity contribution < 1.29 is 4.74 Å². The predicted octanol–water partition coefficient (Wildman–Crippen LogP) is 15.6. The summed E-state index contributed by atoms with van der Waals surface area (Å²) < 4.78 is 8.93. The Morgan fingerprint density at radius 2 is 1.16 bits per heavy atom. The van der Waals surface area contributed by atoms with E-state index in [1.54, 1.807) is 0 Å². The van der Waals surface area contributed by atoms with Crippen LogP contribution in [0.25, 0.3) is 71.6 Å². The van der Waals surface area contributed by atoms with Crippen LogP contribution in [0, 0.1) is 0 Å². The Morgan fingerprint density at radius 3 is 1.98 bits per heavy atom. The van der Waals surface area contributed by atoms with Crippen LogP contribution in [-0.4, -0.2) is 10.7 Å². The molecule has 2 heterocycles. The van der Waals surface area contributed by atoms with Gasteiger partial charge < -0.3 is 14.2 Å². The highest BCUT2D eigenvalue weighted by Gasteiger charge is 2.43. The fourth-order valence-electron chi connectivity index (χ4n) is 10.1. The van der Waals surface area contributed by atoms with Gasteiger partial charge in [0.2, 0.25) is 0 Å². The zero-order valence-corrected chi connectivity index (χ0v) is 34.3. The summed E-state index contributed by atoms with van der Waals surface area (Å²) in [6.45, 7) is 2.29. The van der Waals surface area contributed by atoms with Crippen molar-refractivity contribution in [1.29, 1.82) is 0 Å². The van der Waals surface area contributed by atoms with Crippen LogP contribution in [0.1, 0.15) is 12.5 Å². The minimum atomic E-state index is -0.248. The molecule has 0 N–H and O–H groups in total. The van der Waals surface area contributed by atoms with E-state index >= 15 is 0 Å². The quantitative estimate of drug-likeness (QED) is 0.160. The number of aromatic nitrogens is 1. The Balaban J connectivity index is 1.13. The molecular formula is C59H42N2O. The lowest BCUT2D eigenvalue weighted by Crippen LogP contribution is -2.32. The molecule has 0 saturated heterocycles. The molecule has 0 saturated carbocycles. The first kappa shape index (κ1) is 36.0. The van der Waals surface area contributed by atoms with Crippen molar-refractivity contribution in [2.24, 2.45) is 0 Å². The smallest absolute Gasteiger partial charge is 0.130 e. The summed E-state index contributed by atoms with van der Waals surface area (Å²) in [5.41, 5.74) is 14.7. The van der Waals surface area contributed by atoms with Crippen molar-refractivity contribution in [2.45, 2.75) is 18.4 Å². The van der Waals surface area contributed by atoms with Gasteiger partial charge in [0.25, 0.3) is 0 Å². The van der Waals surface area contributed by atoms with Crippen molar-refractivity contribution in [3.05, 3.63) is 236 Å². The maximum atomic E-state index is 6.53. The van der Waals surface area contributed by atoms with Crippen LogP contribution in [0.5, 0.6) is 5.75 Å². The van der Waals surface area contributed by atoms with Gasteiger partial charge >= 0.3 is 0 Å². The number of allylic oxidation sites excluding steroid dienone is 2. The first-order valence-electron chi connectivity index (χ1n) is 21.5. The van der Waals surface area contributed by atoms with Crippen LogP contribution in [0.15, 0.2) is 231 Å². The van der Waals surface area contributed by atoms with Crippen LogP contribution in [-0.2, 0) is 5.41 Å². The minimum Gasteiger partial charge on any atom is -0.485 e. The average Bonchev–Trinajstić information content (AvgIpc) is 3.83. The van der Waals surface area contributed by atoms with Crippen molar-refractivity contribution >= 4 is 49.6 Å². The van der Waals surface area contributed by atoms with Crippen molar-refractivity contribution in [3.8, 4) is 44.8 Å². The number of nitrogens with zero attached hydrogens (tertiary/aromatic N) is 2. The van der Waals surface area contributed by atoms with Crippen molar-refractivity contribution in [1.82, 2.24) is 4.57 Å². The summed E-state index contributed by atoms with van der Waals surface area (Å²) >= 11 is 0. The third-order valence-electron chi connectivity index (χ3n) is 13.1. The van der Waals surface area contributed by atoms with Crippen LogP contribution >= 0.6 is 0 Å². The van der Waals surface area contributed by atoms with Gasteiger partial charge in [-0.3, -0.25) is 0 Å². The van der Waals surface area contributed by atoms with Crippen LogP contribution in [0.3, 0.4) is 0 Å². The number of hydrogen-bond acceptors (Lipinski definition) is 2. The van der Waals surface area contributed by atoms with E-state index in [1.165, 1.54) is 49.3 Å².